The fourth-order valence-corrected chi connectivity index (χ4v) is 4.37. The Morgan fingerprint density at radius 1 is 1.29 bits per heavy atom. The van der Waals surface area contributed by atoms with Crippen molar-refractivity contribution < 1.29 is 0 Å². The number of thiophene rings is 1. The van der Waals surface area contributed by atoms with Crippen LogP contribution < -0.4 is 5.32 Å². The first-order valence-electron chi connectivity index (χ1n) is 8.23. The minimum atomic E-state index is 0.463. The molecule has 0 radical (unpaired) electrons. The van der Waals surface area contributed by atoms with Gasteiger partial charge in [0.05, 0.1) is 0 Å². The van der Waals surface area contributed by atoms with E-state index in [9.17, 15) is 0 Å². The van der Waals surface area contributed by atoms with Crippen LogP contribution in [0, 0.1) is 0 Å². The Balaban J connectivity index is 1.58. The van der Waals surface area contributed by atoms with Crippen molar-refractivity contribution in [2.75, 3.05) is 19.6 Å². The zero-order valence-corrected chi connectivity index (χ0v) is 14.0. The molecule has 3 rings (SSSR count). The standard InChI is InChI=1S/C18H26N2S/c1-3-10-20-11-8-16(9-12-20)19-14(2)18-13-15-6-4-5-7-17(15)21-18/h4-7,13-14,16,19H,3,8-12H2,1-2H3. The zero-order chi connectivity index (χ0) is 14.7. The number of fused-ring (bicyclic) bond motifs is 1. The number of piperidine rings is 1. The van der Waals surface area contributed by atoms with Gasteiger partial charge in [0, 0.05) is 21.7 Å². The molecule has 3 heteroatoms. The van der Waals surface area contributed by atoms with Gasteiger partial charge in [0.2, 0.25) is 0 Å². The molecule has 1 aromatic carbocycles. The number of rotatable bonds is 5. The van der Waals surface area contributed by atoms with Gasteiger partial charge >= 0.3 is 0 Å². The molecule has 1 aliphatic heterocycles. The van der Waals surface area contributed by atoms with Crippen LogP contribution in [0.25, 0.3) is 10.1 Å². The molecule has 0 spiro atoms. The molecule has 1 fully saturated rings. The largest absolute Gasteiger partial charge is 0.307 e. The van der Waals surface area contributed by atoms with E-state index in [4.69, 9.17) is 0 Å². The molecule has 21 heavy (non-hydrogen) atoms. The number of benzene rings is 1. The van der Waals surface area contributed by atoms with Crippen molar-refractivity contribution >= 4 is 21.4 Å². The molecule has 2 nitrogen and oxygen atoms in total. The second-order valence-electron chi connectivity index (χ2n) is 6.19. The molecule has 1 N–H and O–H groups in total. The smallest absolute Gasteiger partial charge is 0.0388 e. The molecule has 1 aromatic heterocycles. The van der Waals surface area contributed by atoms with E-state index < -0.39 is 0 Å². The van der Waals surface area contributed by atoms with E-state index in [-0.39, 0.29) is 0 Å². The molecule has 0 bridgehead atoms. The minimum Gasteiger partial charge on any atom is -0.307 e. The first-order chi connectivity index (χ1) is 10.3. The van der Waals surface area contributed by atoms with Crippen molar-refractivity contribution in [3.63, 3.8) is 0 Å². The third-order valence-electron chi connectivity index (χ3n) is 4.48. The highest BCUT2D eigenvalue weighted by Crippen LogP contribution is 2.30. The summed E-state index contributed by atoms with van der Waals surface area (Å²) in [5.41, 5.74) is 0. The van der Waals surface area contributed by atoms with E-state index in [2.05, 4.69) is 54.4 Å². The maximum Gasteiger partial charge on any atom is 0.0388 e. The molecule has 1 unspecified atom stereocenters. The third-order valence-corrected chi connectivity index (χ3v) is 5.78. The van der Waals surface area contributed by atoms with Crippen LogP contribution in [0.4, 0.5) is 0 Å². The maximum atomic E-state index is 3.84. The Hall–Kier alpha value is -0.900. The summed E-state index contributed by atoms with van der Waals surface area (Å²) in [6.45, 7) is 8.35. The number of nitrogens with one attached hydrogen (secondary N) is 1. The monoisotopic (exact) mass is 302 g/mol. The second kappa shape index (κ2) is 6.91. The molecular formula is C18H26N2S. The predicted octanol–water partition coefficient (Wildman–Crippen LogP) is 4.43. The molecule has 1 saturated heterocycles. The van der Waals surface area contributed by atoms with Crippen molar-refractivity contribution in [3.05, 3.63) is 35.2 Å². The van der Waals surface area contributed by atoms with Crippen molar-refractivity contribution in [2.45, 2.75) is 45.2 Å². The maximum absolute atomic E-state index is 3.84. The lowest BCUT2D eigenvalue weighted by molar-refractivity contribution is 0.193. The van der Waals surface area contributed by atoms with E-state index in [1.807, 2.05) is 11.3 Å². The van der Waals surface area contributed by atoms with Crippen molar-refractivity contribution in [3.8, 4) is 0 Å². The van der Waals surface area contributed by atoms with E-state index in [0.29, 0.717) is 12.1 Å². The summed E-state index contributed by atoms with van der Waals surface area (Å²) in [5, 5.41) is 5.22. The second-order valence-corrected chi connectivity index (χ2v) is 7.31. The summed E-state index contributed by atoms with van der Waals surface area (Å²) < 4.78 is 1.40. The van der Waals surface area contributed by atoms with Crippen LogP contribution in [0.3, 0.4) is 0 Å². The van der Waals surface area contributed by atoms with Gasteiger partial charge in [-0.15, -0.1) is 11.3 Å². The fraction of sp³-hybridized carbons (Fsp3) is 0.556. The highest BCUT2D eigenvalue weighted by molar-refractivity contribution is 7.19. The quantitative estimate of drug-likeness (QED) is 0.879. The lowest BCUT2D eigenvalue weighted by Gasteiger charge is -2.33. The molecule has 1 atom stereocenters. The van der Waals surface area contributed by atoms with E-state index in [1.54, 1.807) is 0 Å². The van der Waals surface area contributed by atoms with Gasteiger partial charge in [0.1, 0.15) is 0 Å². The van der Waals surface area contributed by atoms with E-state index in [1.165, 1.54) is 53.9 Å². The van der Waals surface area contributed by atoms with Gasteiger partial charge < -0.3 is 10.2 Å². The third kappa shape index (κ3) is 3.65. The molecule has 0 aliphatic carbocycles. The predicted molar refractivity (Wildman–Crippen MR) is 93.1 cm³/mol. The highest BCUT2D eigenvalue weighted by Gasteiger charge is 2.20. The van der Waals surface area contributed by atoms with Crippen LogP contribution in [-0.4, -0.2) is 30.6 Å². The molecule has 1 aliphatic rings. The van der Waals surface area contributed by atoms with Crippen LogP contribution in [0.1, 0.15) is 44.0 Å². The first kappa shape index (κ1) is 15.0. The summed E-state index contributed by atoms with van der Waals surface area (Å²) >= 11 is 1.93. The Morgan fingerprint density at radius 2 is 2.05 bits per heavy atom. The number of nitrogens with zero attached hydrogens (tertiary/aromatic N) is 1. The summed E-state index contributed by atoms with van der Waals surface area (Å²) in [6, 6.07) is 12.2. The first-order valence-corrected chi connectivity index (χ1v) is 9.05. The van der Waals surface area contributed by atoms with Crippen LogP contribution in [0.15, 0.2) is 30.3 Å². The Morgan fingerprint density at radius 3 is 2.76 bits per heavy atom. The molecular weight excluding hydrogens is 276 g/mol. The number of hydrogen-bond acceptors (Lipinski definition) is 3. The van der Waals surface area contributed by atoms with Crippen LogP contribution in [-0.2, 0) is 0 Å². The fourth-order valence-electron chi connectivity index (χ4n) is 3.29. The Kier molecular flexibility index (Phi) is 4.94. The molecule has 0 amide bonds. The summed E-state index contributed by atoms with van der Waals surface area (Å²) in [6.07, 6.45) is 3.85. The Bertz CT molecular complexity index is 536. The van der Waals surface area contributed by atoms with Gasteiger partial charge in [0.25, 0.3) is 0 Å². The van der Waals surface area contributed by atoms with Gasteiger partial charge in [-0.3, -0.25) is 0 Å². The van der Waals surface area contributed by atoms with Crippen LogP contribution in [0.5, 0.6) is 0 Å². The van der Waals surface area contributed by atoms with Gasteiger partial charge in [-0.1, -0.05) is 25.1 Å². The summed E-state index contributed by atoms with van der Waals surface area (Å²) in [7, 11) is 0. The topological polar surface area (TPSA) is 15.3 Å². The van der Waals surface area contributed by atoms with Gasteiger partial charge in [-0.05, 0) is 63.3 Å². The van der Waals surface area contributed by atoms with Crippen molar-refractivity contribution in [1.29, 1.82) is 0 Å². The van der Waals surface area contributed by atoms with Gasteiger partial charge in [-0.25, -0.2) is 0 Å². The van der Waals surface area contributed by atoms with Gasteiger partial charge in [0.15, 0.2) is 0 Å². The number of hydrogen-bond donors (Lipinski definition) is 1. The molecule has 2 heterocycles. The normalized spacial score (nSPS) is 19.1. The molecule has 0 saturated carbocycles. The number of likely N-dealkylation sites (tertiary alicyclic amines) is 1. The summed E-state index contributed by atoms with van der Waals surface area (Å²) in [4.78, 5) is 4.06. The lowest BCUT2D eigenvalue weighted by atomic mass is 10.0. The van der Waals surface area contributed by atoms with Gasteiger partial charge in [-0.2, -0.15) is 0 Å². The van der Waals surface area contributed by atoms with Crippen molar-refractivity contribution in [2.24, 2.45) is 0 Å². The minimum absolute atomic E-state index is 0.463. The van der Waals surface area contributed by atoms with E-state index >= 15 is 0 Å². The lowest BCUT2D eigenvalue weighted by Crippen LogP contribution is -2.43. The van der Waals surface area contributed by atoms with E-state index in [0.717, 1.165) is 0 Å². The van der Waals surface area contributed by atoms with Crippen LogP contribution in [0.2, 0.25) is 0 Å². The average molecular weight is 302 g/mol. The van der Waals surface area contributed by atoms with Crippen LogP contribution >= 0.6 is 11.3 Å². The Labute approximate surface area is 132 Å². The SMILES string of the molecule is CCCN1CCC(NC(C)c2cc3ccccc3s2)CC1. The molecule has 114 valence electrons. The highest BCUT2D eigenvalue weighted by atomic mass is 32.1. The molecule has 2 aromatic rings. The summed E-state index contributed by atoms with van der Waals surface area (Å²) in [5.74, 6) is 0. The average Bonchev–Trinajstić information content (AvgIpc) is 2.94. The zero-order valence-electron chi connectivity index (χ0n) is 13.1. The van der Waals surface area contributed by atoms with Crippen molar-refractivity contribution in [1.82, 2.24) is 10.2 Å².